The molecule has 1 aliphatic heterocycles. The predicted molar refractivity (Wildman–Crippen MR) is 83.4 cm³/mol. The van der Waals surface area contributed by atoms with Crippen LogP contribution < -0.4 is 10.6 Å². The van der Waals surface area contributed by atoms with E-state index in [4.69, 9.17) is 14.6 Å². The molecule has 1 rings (SSSR count). The van der Waals surface area contributed by atoms with E-state index in [2.05, 4.69) is 10.6 Å². The Morgan fingerprint density at radius 3 is 2.36 bits per heavy atom. The molecule has 1 fully saturated rings. The molecule has 0 radical (unpaired) electrons. The second-order valence-electron chi connectivity index (χ2n) is 5.83. The van der Waals surface area contributed by atoms with E-state index in [-0.39, 0.29) is 13.0 Å². The van der Waals surface area contributed by atoms with Crippen LogP contribution in [0.25, 0.3) is 0 Å². The Hall–Kier alpha value is -1.05. The van der Waals surface area contributed by atoms with Gasteiger partial charge in [0, 0.05) is 7.05 Å². The molecule has 148 valence electrons. The molecule has 2 unspecified atom stereocenters. The molecule has 1 aliphatic rings. The van der Waals surface area contributed by atoms with Gasteiger partial charge in [0.05, 0.1) is 25.4 Å². The minimum Gasteiger partial charge on any atom is -0.394 e. The summed E-state index contributed by atoms with van der Waals surface area (Å²) in [4.78, 5) is 11.5. The van der Waals surface area contributed by atoms with Crippen LogP contribution in [0.15, 0.2) is 0 Å². The Labute approximate surface area is 145 Å². The molecule has 0 spiro atoms. The molecule has 8 atom stereocenters. The zero-order valence-electron chi connectivity index (χ0n) is 14.1. The van der Waals surface area contributed by atoms with E-state index in [1.807, 2.05) is 0 Å². The summed E-state index contributed by atoms with van der Waals surface area (Å²) >= 11 is 0. The number of hydrogen-bond donors (Lipinski definition) is 8. The average Bonchev–Trinajstić information content (AvgIpc) is 2.62. The number of nitrogens with one attached hydrogen (secondary N) is 2. The number of aliphatic hydroxyl groups excluding tert-OH is 6. The zero-order chi connectivity index (χ0) is 19.1. The third-order valence-corrected chi connectivity index (χ3v) is 4.06. The summed E-state index contributed by atoms with van der Waals surface area (Å²) in [5.74, 6) is 0. The highest BCUT2D eigenvalue weighted by Crippen LogP contribution is 2.22. The molecule has 0 bridgehead atoms. The van der Waals surface area contributed by atoms with Crippen LogP contribution in [-0.2, 0) is 9.47 Å². The van der Waals surface area contributed by atoms with E-state index < -0.39 is 61.6 Å². The van der Waals surface area contributed by atoms with Crippen molar-refractivity contribution in [2.75, 3.05) is 20.3 Å². The maximum absolute atomic E-state index is 11.5. The van der Waals surface area contributed by atoms with Crippen molar-refractivity contribution < 1.29 is 44.9 Å². The number of carbonyl (C=O) groups is 1. The lowest BCUT2D eigenvalue weighted by Crippen LogP contribution is -2.60. The lowest BCUT2D eigenvalue weighted by molar-refractivity contribution is -0.303. The van der Waals surface area contributed by atoms with Gasteiger partial charge in [-0.3, -0.25) is 0 Å². The van der Waals surface area contributed by atoms with Gasteiger partial charge in [-0.05, 0) is 6.42 Å². The molecule has 25 heavy (non-hydrogen) atoms. The smallest absolute Gasteiger partial charge is 0.314 e. The van der Waals surface area contributed by atoms with E-state index in [1.165, 1.54) is 7.05 Å². The molecule has 2 amide bonds. The fourth-order valence-corrected chi connectivity index (χ4v) is 2.38. The normalized spacial score (nSPS) is 33.4. The van der Waals surface area contributed by atoms with Crippen molar-refractivity contribution in [3.63, 3.8) is 0 Å². The number of carbonyl (C=O) groups excluding carboxylic acids is 1. The van der Waals surface area contributed by atoms with Gasteiger partial charge in [-0.15, -0.1) is 0 Å². The Morgan fingerprint density at radius 2 is 1.84 bits per heavy atom. The van der Waals surface area contributed by atoms with Crippen molar-refractivity contribution >= 4 is 6.03 Å². The second-order valence-corrected chi connectivity index (χ2v) is 5.83. The van der Waals surface area contributed by atoms with Crippen molar-refractivity contribution in [2.45, 2.75) is 62.3 Å². The number of hydrogen-bond acceptors (Lipinski definition) is 9. The lowest BCUT2D eigenvalue weighted by atomic mass is 9.99. The predicted octanol–water partition coefficient (Wildman–Crippen LogP) is -3.77. The summed E-state index contributed by atoms with van der Waals surface area (Å²) in [5.41, 5.74) is 0. The van der Waals surface area contributed by atoms with Gasteiger partial charge < -0.3 is 50.7 Å². The van der Waals surface area contributed by atoms with E-state index in [9.17, 15) is 30.3 Å². The van der Waals surface area contributed by atoms with Crippen LogP contribution in [-0.4, -0.2) is 106 Å². The van der Waals surface area contributed by atoms with Crippen LogP contribution in [0.1, 0.15) is 13.3 Å². The second kappa shape index (κ2) is 10.2. The minimum atomic E-state index is -1.60. The van der Waals surface area contributed by atoms with E-state index in [0.29, 0.717) is 0 Å². The maximum Gasteiger partial charge on any atom is 0.314 e. The summed E-state index contributed by atoms with van der Waals surface area (Å²) in [6, 6.07) is -1.66. The average molecular weight is 368 g/mol. The van der Waals surface area contributed by atoms with Gasteiger partial charge in [-0.2, -0.15) is 0 Å². The van der Waals surface area contributed by atoms with Gasteiger partial charge in [-0.1, -0.05) is 6.92 Å². The Kier molecular flexibility index (Phi) is 8.96. The van der Waals surface area contributed by atoms with E-state index >= 15 is 0 Å². The number of amides is 2. The van der Waals surface area contributed by atoms with Gasteiger partial charge in [0.2, 0.25) is 0 Å². The van der Waals surface area contributed by atoms with Crippen molar-refractivity contribution in [1.29, 1.82) is 0 Å². The molecular formula is C14H28N2O9. The van der Waals surface area contributed by atoms with E-state index in [1.54, 1.807) is 6.92 Å². The summed E-state index contributed by atoms with van der Waals surface area (Å²) in [5, 5.41) is 63.0. The van der Waals surface area contributed by atoms with Gasteiger partial charge in [0.1, 0.15) is 30.5 Å². The van der Waals surface area contributed by atoms with Gasteiger partial charge in [-0.25, -0.2) is 4.79 Å². The highest BCUT2D eigenvalue weighted by Gasteiger charge is 2.44. The summed E-state index contributed by atoms with van der Waals surface area (Å²) < 4.78 is 10.5. The van der Waals surface area contributed by atoms with Crippen molar-refractivity contribution in [1.82, 2.24) is 10.6 Å². The number of ether oxygens (including phenoxy) is 2. The monoisotopic (exact) mass is 368 g/mol. The molecule has 0 aromatic heterocycles. The summed E-state index contributed by atoms with van der Waals surface area (Å²) in [7, 11) is 1.37. The first-order chi connectivity index (χ1) is 11.8. The summed E-state index contributed by atoms with van der Waals surface area (Å²) in [6.07, 6.45) is -9.53. The topological polar surface area (TPSA) is 181 Å². The quantitative estimate of drug-likeness (QED) is 0.213. The molecule has 1 saturated heterocycles. The van der Waals surface area contributed by atoms with Crippen molar-refractivity contribution in [2.24, 2.45) is 0 Å². The fraction of sp³-hybridized carbons (Fsp3) is 0.929. The fourth-order valence-electron chi connectivity index (χ4n) is 2.38. The molecule has 0 saturated carbocycles. The molecule has 0 aliphatic carbocycles. The van der Waals surface area contributed by atoms with E-state index in [0.717, 1.165) is 0 Å². The Morgan fingerprint density at radius 1 is 1.20 bits per heavy atom. The van der Waals surface area contributed by atoms with Crippen LogP contribution in [0.5, 0.6) is 0 Å². The Bertz CT molecular complexity index is 412. The lowest BCUT2D eigenvalue weighted by Gasteiger charge is -2.40. The first-order valence-corrected chi connectivity index (χ1v) is 8.03. The molecule has 8 N–H and O–H groups in total. The standard InChI is InChI=1S/C14H28N2O9/c1-3-7(18)9(19)6(16-14(23)15-2)5-24-13-12(22)11(21)10(20)8(4-17)25-13/h6-13,17-22H,3-5H2,1-2H3,(H2,15,16,23)/t6-,7+,8?,9-,10-,11-,12?,13-/m0/s1. The first-order valence-electron chi connectivity index (χ1n) is 8.03. The van der Waals surface area contributed by atoms with Crippen molar-refractivity contribution in [3.8, 4) is 0 Å². The van der Waals surface area contributed by atoms with Crippen LogP contribution in [0.2, 0.25) is 0 Å². The number of urea groups is 1. The van der Waals surface area contributed by atoms with Crippen molar-refractivity contribution in [3.05, 3.63) is 0 Å². The number of aliphatic hydroxyl groups is 6. The van der Waals surface area contributed by atoms with Gasteiger partial charge in [0.25, 0.3) is 0 Å². The van der Waals surface area contributed by atoms with Gasteiger partial charge in [0.15, 0.2) is 6.29 Å². The molecule has 11 nitrogen and oxygen atoms in total. The highest BCUT2D eigenvalue weighted by molar-refractivity contribution is 5.73. The minimum absolute atomic E-state index is 0.229. The molecule has 0 aromatic rings. The largest absolute Gasteiger partial charge is 0.394 e. The molecular weight excluding hydrogens is 340 g/mol. The summed E-state index contributed by atoms with van der Waals surface area (Å²) in [6.45, 7) is 0.666. The van der Waals surface area contributed by atoms with Gasteiger partial charge >= 0.3 is 6.03 Å². The van der Waals surface area contributed by atoms with Crippen LogP contribution >= 0.6 is 0 Å². The maximum atomic E-state index is 11.5. The Balaban J connectivity index is 2.75. The molecule has 11 heteroatoms. The van der Waals surface area contributed by atoms with Crippen LogP contribution in [0.3, 0.4) is 0 Å². The number of rotatable bonds is 8. The molecule has 0 aromatic carbocycles. The third-order valence-electron chi connectivity index (χ3n) is 4.06. The van der Waals surface area contributed by atoms with Crippen LogP contribution in [0, 0.1) is 0 Å². The zero-order valence-corrected chi connectivity index (χ0v) is 14.1. The van der Waals surface area contributed by atoms with Crippen LogP contribution in [0.4, 0.5) is 4.79 Å². The first kappa shape index (κ1) is 22.0. The third kappa shape index (κ3) is 5.72. The highest BCUT2D eigenvalue weighted by atomic mass is 16.7. The SMILES string of the molecule is CC[C@@H](O)[C@@H](O)[C@H](CO[C@H]1OC(CO)[C@H](O)[C@H](O)C1O)NC(=O)NC. The molecule has 1 heterocycles.